The van der Waals surface area contributed by atoms with Gasteiger partial charge < -0.3 is 9.84 Å². The minimum absolute atomic E-state index is 0.158. The highest BCUT2D eigenvalue weighted by atomic mass is 35.5. The number of rotatable bonds is 4. The molecule has 0 aliphatic heterocycles. The van der Waals surface area contributed by atoms with Crippen LogP contribution in [0.3, 0.4) is 0 Å². The summed E-state index contributed by atoms with van der Waals surface area (Å²) in [5, 5.41) is 10.6. The fourth-order valence-electron chi connectivity index (χ4n) is 1.26. The van der Waals surface area contributed by atoms with Gasteiger partial charge in [0.05, 0.1) is 0 Å². The number of halogens is 1. The van der Waals surface area contributed by atoms with Crippen LogP contribution in [-0.4, -0.2) is 32.9 Å². The van der Waals surface area contributed by atoms with Crippen LogP contribution in [0.25, 0.3) is 0 Å². The van der Waals surface area contributed by atoms with Gasteiger partial charge in [0.1, 0.15) is 16.9 Å². The van der Waals surface area contributed by atoms with E-state index in [2.05, 4.69) is 9.97 Å². The maximum Gasteiger partial charge on any atom is 0.331 e. The van der Waals surface area contributed by atoms with E-state index >= 15 is 0 Å². The summed E-state index contributed by atoms with van der Waals surface area (Å²) < 4.78 is 5.09. The highest BCUT2D eigenvalue weighted by Gasteiger charge is 2.16. The lowest BCUT2D eigenvalue weighted by atomic mass is 10.2. The summed E-state index contributed by atoms with van der Waals surface area (Å²) in [5.74, 6) is -0.533. The second kappa shape index (κ2) is 7.06. The van der Waals surface area contributed by atoms with Crippen LogP contribution in [0.2, 0.25) is 5.15 Å². The number of carbonyl (C=O) groups excluding carboxylic acids is 1. The van der Waals surface area contributed by atoms with Gasteiger partial charge in [-0.05, 0) is 33.1 Å². The Morgan fingerprint density at radius 1 is 1.55 bits per heavy atom. The first-order valence-corrected chi connectivity index (χ1v) is 7.49. The minimum atomic E-state index is -1.06. The highest BCUT2D eigenvalue weighted by Crippen LogP contribution is 2.23. The zero-order chi connectivity index (χ0) is 15.3. The second-order valence-electron chi connectivity index (χ2n) is 4.94. The largest absolute Gasteiger partial charge is 0.457 e. The van der Waals surface area contributed by atoms with Crippen molar-refractivity contribution in [1.82, 2.24) is 9.97 Å². The monoisotopic (exact) mass is 316 g/mol. The summed E-state index contributed by atoms with van der Waals surface area (Å²) in [6.45, 7) is 5.29. The topological polar surface area (TPSA) is 72.3 Å². The third-order valence-corrected chi connectivity index (χ3v) is 2.93. The van der Waals surface area contributed by atoms with E-state index in [4.69, 9.17) is 16.3 Å². The van der Waals surface area contributed by atoms with Crippen LogP contribution >= 0.6 is 23.4 Å². The number of hydrogen-bond donors (Lipinski definition) is 1. The Balaban J connectivity index is 2.76. The summed E-state index contributed by atoms with van der Waals surface area (Å²) in [6, 6.07) is 0. The van der Waals surface area contributed by atoms with Gasteiger partial charge >= 0.3 is 5.97 Å². The molecule has 0 aliphatic carbocycles. The highest BCUT2D eigenvalue weighted by molar-refractivity contribution is 7.98. The predicted molar refractivity (Wildman–Crippen MR) is 78.8 cm³/mol. The van der Waals surface area contributed by atoms with Crippen molar-refractivity contribution in [2.45, 2.75) is 37.6 Å². The Morgan fingerprint density at radius 3 is 2.70 bits per heavy atom. The molecule has 7 heteroatoms. The summed E-state index contributed by atoms with van der Waals surface area (Å²) >= 11 is 7.30. The fraction of sp³-hybridized carbons (Fsp3) is 0.462. The quantitative estimate of drug-likeness (QED) is 0.303. The average Bonchev–Trinajstić information content (AvgIpc) is 2.33. The van der Waals surface area contributed by atoms with Crippen molar-refractivity contribution in [3.63, 3.8) is 0 Å². The number of aromatic nitrogens is 2. The normalized spacial score (nSPS) is 13.5. The Bertz CT molecular complexity index is 515. The third kappa shape index (κ3) is 5.48. The number of aliphatic hydroxyl groups is 1. The molecule has 0 saturated heterocycles. The summed E-state index contributed by atoms with van der Waals surface area (Å²) in [6.07, 6.45) is 4.65. The first-order valence-electron chi connectivity index (χ1n) is 5.88. The van der Waals surface area contributed by atoms with Gasteiger partial charge in [-0.1, -0.05) is 23.4 Å². The van der Waals surface area contributed by atoms with Gasteiger partial charge in [0.15, 0.2) is 5.16 Å². The van der Waals surface area contributed by atoms with Crippen molar-refractivity contribution in [2.75, 3.05) is 6.26 Å². The molecule has 0 saturated carbocycles. The molecule has 0 aliphatic rings. The number of thioether (sulfide) groups is 1. The van der Waals surface area contributed by atoms with E-state index in [0.29, 0.717) is 10.7 Å². The van der Waals surface area contributed by atoms with Crippen LogP contribution < -0.4 is 0 Å². The van der Waals surface area contributed by atoms with Crippen molar-refractivity contribution in [2.24, 2.45) is 0 Å². The number of carbonyl (C=O) groups is 1. The first-order chi connectivity index (χ1) is 9.23. The molecule has 1 aromatic rings. The van der Waals surface area contributed by atoms with E-state index in [1.54, 1.807) is 20.8 Å². The fourth-order valence-corrected chi connectivity index (χ4v) is 1.89. The molecule has 1 heterocycles. The van der Waals surface area contributed by atoms with Crippen LogP contribution in [0.5, 0.6) is 0 Å². The molecular formula is C13H17ClN2O3S. The van der Waals surface area contributed by atoms with E-state index in [9.17, 15) is 9.90 Å². The van der Waals surface area contributed by atoms with Crippen molar-refractivity contribution < 1.29 is 14.6 Å². The van der Waals surface area contributed by atoms with Gasteiger partial charge in [-0.3, -0.25) is 0 Å². The second-order valence-corrected chi connectivity index (χ2v) is 6.07. The molecule has 5 nitrogen and oxygen atoms in total. The molecule has 0 spiro atoms. The number of nitrogens with zero attached hydrogens (tertiary/aromatic N) is 2. The molecule has 1 N–H and O–H groups in total. The van der Waals surface area contributed by atoms with Crippen LogP contribution in [0, 0.1) is 0 Å². The number of ether oxygens (including phenoxy) is 1. The van der Waals surface area contributed by atoms with E-state index < -0.39 is 17.7 Å². The molecule has 0 radical (unpaired) electrons. The lowest BCUT2D eigenvalue weighted by molar-refractivity contribution is -0.148. The van der Waals surface area contributed by atoms with E-state index in [0.717, 1.165) is 6.08 Å². The van der Waals surface area contributed by atoms with Gasteiger partial charge in [0, 0.05) is 17.8 Å². The lowest BCUT2D eigenvalue weighted by Crippen LogP contribution is -2.22. The van der Waals surface area contributed by atoms with Crippen LogP contribution in [-0.2, 0) is 9.53 Å². The maximum atomic E-state index is 11.5. The molecule has 1 unspecified atom stereocenters. The summed E-state index contributed by atoms with van der Waals surface area (Å²) in [7, 11) is 0. The molecule has 0 amide bonds. The van der Waals surface area contributed by atoms with Crippen LogP contribution in [0.15, 0.2) is 23.5 Å². The number of esters is 1. The standard InChI is InChI=1S/C13H17ClN2O3S/c1-13(2,3)19-10(18)6-5-9(17)8-7-15-12(20-4)16-11(8)14/h5-7,9,17H,1-4H3/b6-5+. The van der Waals surface area contributed by atoms with E-state index in [-0.39, 0.29) is 5.15 Å². The molecular weight excluding hydrogens is 300 g/mol. The van der Waals surface area contributed by atoms with Crippen LogP contribution in [0.4, 0.5) is 0 Å². The molecule has 0 fully saturated rings. The number of aliphatic hydroxyl groups excluding tert-OH is 1. The van der Waals surface area contributed by atoms with E-state index in [1.165, 1.54) is 24.0 Å². The van der Waals surface area contributed by atoms with Crippen molar-refractivity contribution >= 4 is 29.3 Å². The third-order valence-electron chi connectivity index (χ3n) is 2.07. The Labute approximate surface area is 127 Å². The Morgan fingerprint density at radius 2 is 2.20 bits per heavy atom. The van der Waals surface area contributed by atoms with Gasteiger partial charge in [0.2, 0.25) is 0 Å². The van der Waals surface area contributed by atoms with Crippen molar-refractivity contribution in [1.29, 1.82) is 0 Å². The number of hydrogen-bond acceptors (Lipinski definition) is 6. The van der Waals surface area contributed by atoms with E-state index in [1.807, 2.05) is 6.26 Å². The van der Waals surface area contributed by atoms with Gasteiger partial charge in [-0.25, -0.2) is 14.8 Å². The van der Waals surface area contributed by atoms with Gasteiger partial charge in [-0.2, -0.15) is 0 Å². The SMILES string of the molecule is CSc1ncc(C(O)/C=C/C(=O)OC(C)(C)C)c(Cl)n1. The smallest absolute Gasteiger partial charge is 0.331 e. The van der Waals surface area contributed by atoms with Gasteiger partial charge in [-0.15, -0.1) is 0 Å². The average molecular weight is 317 g/mol. The summed E-state index contributed by atoms with van der Waals surface area (Å²) in [5.41, 5.74) is -0.239. The molecule has 1 rings (SSSR count). The molecule has 0 aromatic carbocycles. The molecule has 20 heavy (non-hydrogen) atoms. The maximum absolute atomic E-state index is 11.5. The molecule has 1 atom stereocenters. The summed E-state index contributed by atoms with van der Waals surface area (Å²) in [4.78, 5) is 19.5. The molecule has 110 valence electrons. The first kappa shape index (κ1) is 16.9. The van der Waals surface area contributed by atoms with Gasteiger partial charge in [0.25, 0.3) is 0 Å². The molecule has 0 bridgehead atoms. The zero-order valence-corrected chi connectivity index (χ0v) is 13.3. The Hall–Kier alpha value is -1.11. The van der Waals surface area contributed by atoms with Crippen molar-refractivity contribution in [3.8, 4) is 0 Å². The predicted octanol–water partition coefficient (Wildman–Crippen LogP) is 2.78. The zero-order valence-electron chi connectivity index (χ0n) is 11.8. The van der Waals surface area contributed by atoms with Crippen LogP contribution in [0.1, 0.15) is 32.4 Å². The lowest BCUT2D eigenvalue weighted by Gasteiger charge is -2.18. The van der Waals surface area contributed by atoms with Crippen molar-refractivity contribution in [3.05, 3.63) is 29.1 Å². The molecule has 1 aromatic heterocycles. The minimum Gasteiger partial charge on any atom is -0.457 e. The Kier molecular flexibility index (Phi) is 5.98.